The van der Waals surface area contributed by atoms with E-state index in [1.807, 2.05) is 13.0 Å². The molecule has 0 amide bonds. The molecule has 0 bridgehead atoms. The number of hydrogen-bond acceptors (Lipinski definition) is 8. The molecule has 0 radical (unpaired) electrons. The van der Waals surface area contributed by atoms with Gasteiger partial charge in [-0.05, 0) is 51.1 Å². The zero-order chi connectivity index (χ0) is 19.9. The maximum absolute atomic E-state index is 12.6. The number of nitrogens with one attached hydrogen (secondary N) is 2. The third-order valence-corrected chi connectivity index (χ3v) is 6.57. The first kappa shape index (κ1) is 18.4. The van der Waals surface area contributed by atoms with Crippen molar-refractivity contribution < 1.29 is 12.9 Å². The minimum atomic E-state index is -3.78. The van der Waals surface area contributed by atoms with Crippen LogP contribution in [0.3, 0.4) is 0 Å². The van der Waals surface area contributed by atoms with Crippen molar-refractivity contribution in [2.75, 3.05) is 10.0 Å². The first-order valence-electron chi connectivity index (χ1n) is 8.37. The summed E-state index contributed by atoms with van der Waals surface area (Å²) in [6.07, 6.45) is 1.51. The Labute approximate surface area is 165 Å². The van der Waals surface area contributed by atoms with Crippen LogP contribution in [0.5, 0.6) is 0 Å². The molecule has 0 aliphatic carbocycles. The van der Waals surface area contributed by atoms with Crippen molar-refractivity contribution >= 4 is 49.0 Å². The van der Waals surface area contributed by atoms with Crippen LogP contribution >= 0.6 is 11.3 Å². The lowest BCUT2D eigenvalue weighted by atomic mass is 10.3. The van der Waals surface area contributed by atoms with Crippen LogP contribution in [0, 0.1) is 20.8 Å². The van der Waals surface area contributed by atoms with E-state index in [0.717, 1.165) is 20.8 Å². The van der Waals surface area contributed by atoms with Gasteiger partial charge in [-0.1, -0.05) is 5.16 Å². The first-order chi connectivity index (χ1) is 13.3. The Bertz CT molecular complexity index is 1260. The van der Waals surface area contributed by atoms with Crippen LogP contribution in [0.25, 0.3) is 10.2 Å². The molecule has 1 aromatic carbocycles. The van der Waals surface area contributed by atoms with Crippen LogP contribution in [0.15, 0.2) is 46.1 Å². The minimum absolute atomic E-state index is 0.116. The Morgan fingerprint density at radius 1 is 1.07 bits per heavy atom. The summed E-state index contributed by atoms with van der Waals surface area (Å²) in [5.41, 5.74) is 2.01. The highest BCUT2D eigenvalue weighted by Crippen LogP contribution is 2.30. The molecular weight excluding hydrogens is 398 g/mol. The summed E-state index contributed by atoms with van der Waals surface area (Å²) < 4.78 is 32.6. The molecule has 0 atom stereocenters. The SMILES string of the molecule is Cc1cc2c(Nc3ccc(S(=O)(=O)Nc4onc(C)c4C)cc3)ncnc2s1. The highest BCUT2D eigenvalue weighted by atomic mass is 32.2. The van der Waals surface area contributed by atoms with E-state index in [1.54, 1.807) is 37.3 Å². The van der Waals surface area contributed by atoms with E-state index in [9.17, 15) is 8.42 Å². The number of fused-ring (bicyclic) bond motifs is 1. The number of rotatable bonds is 5. The maximum Gasteiger partial charge on any atom is 0.264 e. The summed E-state index contributed by atoms with van der Waals surface area (Å²) in [4.78, 5) is 10.7. The number of aryl methyl sites for hydroxylation is 2. The van der Waals surface area contributed by atoms with Crippen LogP contribution in [0.1, 0.15) is 16.1 Å². The summed E-state index contributed by atoms with van der Waals surface area (Å²) in [5.74, 6) is 0.798. The number of anilines is 3. The van der Waals surface area contributed by atoms with E-state index in [2.05, 4.69) is 25.2 Å². The van der Waals surface area contributed by atoms with Gasteiger partial charge in [-0.2, -0.15) is 0 Å². The van der Waals surface area contributed by atoms with Gasteiger partial charge in [0.25, 0.3) is 10.0 Å². The lowest BCUT2D eigenvalue weighted by molar-refractivity contribution is 0.430. The normalized spacial score (nSPS) is 11.7. The molecule has 2 N–H and O–H groups in total. The third kappa shape index (κ3) is 3.43. The van der Waals surface area contributed by atoms with Crippen molar-refractivity contribution in [1.29, 1.82) is 0 Å². The second-order valence-electron chi connectivity index (χ2n) is 6.28. The molecule has 10 heteroatoms. The number of hydrogen-bond donors (Lipinski definition) is 2. The van der Waals surface area contributed by atoms with Crippen molar-refractivity contribution in [3.05, 3.63) is 52.8 Å². The topological polar surface area (TPSA) is 110 Å². The van der Waals surface area contributed by atoms with Gasteiger partial charge in [0, 0.05) is 16.1 Å². The Morgan fingerprint density at radius 3 is 2.50 bits per heavy atom. The van der Waals surface area contributed by atoms with E-state index < -0.39 is 10.0 Å². The molecule has 144 valence electrons. The summed E-state index contributed by atoms with van der Waals surface area (Å²) >= 11 is 1.59. The van der Waals surface area contributed by atoms with Crippen molar-refractivity contribution in [3.63, 3.8) is 0 Å². The Kier molecular flexibility index (Phi) is 4.52. The molecule has 0 unspecified atom stereocenters. The van der Waals surface area contributed by atoms with Gasteiger partial charge in [0.05, 0.1) is 16.0 Å². The van der Waals surface area contributed by atoms with Crippen molar-refractivity contribution in [2.24, 2.45) is 0 Å². The number of benzene rings is 1. The standard InChI is InChI=1S/C18H17N5O3S2/c1-10-8-15-16(19-9-20-18(15)27-10)21-13-4-6-14(7-5-13)28(24,25)23-17-11(2)12(3)22-26-17/h4-9,23H,1-3H3,(H,19,20,21). The zero-order valence-electron chi connectivity index (χ0n) is 15.3. The highest BCUT2D eigenvalue weighted by Gasteiger charge is 2.19. The smallest absolute Gasteiger partial charge is 0.264 e. The van der Waals surface area contributed by atoms with Crippen LogP contribution in [-0.2, 0) is 10.0 Å². The fourth-order valence-electron chi connectivity index (χ4n) is 2.62. The van der Waals surface area contributed by atoms with Gasteiger partial charge in [-0.15, -0.1) is 11.3 Å². The molecule has 3 aromatic heterocycles. The van der Waals surface area contributed by atoms with E-state index in [1.165, 1.54) is 18.5 Å². The van der Waals surface area contributed by atoms with Gasteiger partial charge < -0.3 is 9.84 Å². The Balaban J connectivity index is 1.57. The Morgan fingerprint density at radius 2 is 1.82 bits per heavy atom. The fourth-order valence-corrected chi connectivity index (χ4v) is 4.52. The molecule has 28 heavy (non-hydrogen) atoms. The number of aromatic nitrogens is 3. The molecule has 0 saturated heterocycles. The second kappa shape index (κ2) is 6.88. The van der Waals surface area contributed by atoms with Crippen LogP contribution in [0.2, 0.25) is 0 Å². The molecule has 4 aromatic rings. The predicted molar refractivity (Wildman–Crippen MR) is 109 cm³/mol. The molecular formula is C18H17N5O3S2. The quantitative estimate of drug-likeness (QED) is 0.504. The zero-order valence-corrected chi connectivity index (χ0v) is 17.0. The average molecular weight is 416 g/mol. The molecule has 0 saturated carbocycles. The molecule has 3 heterocycles. The molecule has 0 aliphatic heterocycles. The number of sulfonamides is 1. The second-order valence-corrected chi connectivity index (χ2v) is 9.19. The third-order valence-electron chi connectivity index (χ3n) is 4.26. The predicted octanol–water partition coefficient (Wildman–Crippen LogP) is 4.15. The Hall–Kier alpha value is -2.98. The number of nitrogens with zero attached hydrogens (tertiary/aromatic N) is 3. The fraction of sp³-hybridized carbons (Fsp3) is 0.167. The van der Waals surface area contributed by atoms with E-state index in [4.69, 9.17) is 4.52 Å². The van der Waals surface area contributed by atoms with Crippen LogP contribution < -0.4 is 10.0 Å². The molecule has 8 nitrogen and oxygen atoms in total. The van der Waals surface area contributed by atoms with Gasteiger partial charge in [0.1, 0.15) is 17.0 Å². The highest BCUT2D eigenvalue weighted by molar-refractivity contribution is 7.92. The van der Waals surface area contributed by atoms with E-state index >= 15 is 0 Å². The minimum Gasteiger partial charge on any atom is -0.340 e. The molecule has 0 fully saturated rings. The van der Waals surface area contributed by atoms with Crippen molar-refractivity contribution in [3.8, 4) is 0 Å². The molecule has 0 spiro atoms. The lowest BCUT2D eigenvalue weighted by Gasteiger charge is -2.09. The molecule has 4 rings (SSSR count). The van der Waals surface area contributed by atoms with Gasteiger partial charge in [0.2, 0.25) is 5.88 Å². The summed E-state index contributed by atoms with van der Waals surface area (Å²) in [7, 11) is -3.78. The van der Waals surface area contributed by atoms with Crippen molar-refractivity contribution in [1.82, 2.24) is 15.1 Å². The van der Waals surface area contributed by atoms with Gasteiger partial charge in [0.15, 0.2) is 0 Å². The van der Waals surface area contributed by atoms with Gasteiger partial charge >= 0.3 is 0 Å². The largest absolute Gasteiger partial charge is 0.340 e. The summed E-state index contributed by atoms with van der Waals surface area (Å²) in [6.45, 7) is 5.50. The summed E-state index contributed by atoms with van der Waals surface area (Å²) in [5, 5.41) is 7.90. The maximum atomic E-state index is 12.6. The van der Waals surface area contributed by atoms with Gasteiger partial charge in [-0.25, -0.2) is 23.1 Å². The van der Waals surface area contributed by atoms with Crippen LogP contribution in [0.4, 0.5) is 17.4 Å². The number of thiophene rings is 1. The lowest BCUT2D eigenvalue weighted by Crippen LogP contribution is -2.13. The van der Waals surface area contributed by atoms with Crippen LogP contribution in [-0.4, -0.2) is 23.5 Å². The van der Waals surface area contributed by atoms with E-state index in [-0.39, 0.29) is 10.8 Å². The monoisotopic (exact) mass is 415 g/mol. The van der Waals surface area contributed by atoms with Gasteiger partial charge in [-0.3, -0.25) is 0 Å². The van der Waals surface area contributed by atoms with E-state index in [0.29, 0.717) is 17.1 Å². The average Bonchev–Trinajstić information content (AvgIpc) is 3.19. The van der Waals surface area contributed by atoms with Crippen molar-refractivity contribution in [2.45, 2.75) is 25.7 Å². The molecule has 0 aliphatic rings. The summed E-state index contributed by atoms with van der Waals surface area (Å²) in [6, 6.07) is 8.41. The first-order valence-corrected chi connectivity index (χ1v) is 10.7.